The third kappa shape index (κ3) is 3.09. The van der Waals surface area contributed by atoms with Gasteiger partial charge in [0.15, 0.2) is 0 Å². The molecule has 2 aromatic carbocycles. The average molecular weight is 389 g/mol. The number of hydrogen-bond acceptors (Lipinski definition) is 4. The summed E-state index contributed by atoms with van der Waals surface area (Å²) < 4.78 is 7.32. The van der Waals surface area contributed by atoms with Crippen LogP contribution in [0.3, 0.4) is 0 Å². The van der Waals surface area contributed by atoms with Crippen LogP contribution in [0.4, 0.5) is 5.69 Å². The van der Waals surface area contributed by atoms with Gasteiger partial charge in [0.1, 0.15) is 5.92 Å². The Bertz CT molecular complexity index is 1130. The van der Waals surface area contributed by atoms with Crippen LogP contribution in [-0.2, 0) is 20.9 Å². The monoisotopic (exact) mass is 389 g/mol. The Morgan fingerprint density at radius 1 is 1.07 bits per heavy atom. The number of aliphatic carboxylic acids is 1. The lowest BCUT2D eigenvalue weighted by atomic mass is 9.82. The number of amides is 1. The van der Waals surface area contributed by atoms with Gasteiger partial charge in [-0.25, -0.2) is 0 Å². The predicted octanol–water partition coefficient (Wildman–Crippen LogP) is 2.68. The number of nitrogens with zero attached hydrogens (tertiary/aromatic N) is 2. The van der Waals surface area contributed by atoms with E-state index in [0.29, 0.717) is 12.2 Å². The van der Waals surface area contributed by atoms with Gasteiger partial charge in [-0.15, -0.1) is 0 Å². The van der Waals surface area contributed by atoms with E-state index in [1.165, 1.54) is 0 Å². The van der Waals surface area contributed by atoms with E-state index in [1.807, 2.05) is 18.2 Å². The molecule has 2 aliphatic heterocycles. The zero-order valence-electron chi connectivity index (χ0n) is 15.4. The molecule has 146 valence electrons. The third-order valence-electron chi connectivity index (χ3n) is 5.60. The van der Waals surface area contributed by atoms with Crippen LogP contribution in [-0.4, -0.2) is 39.0 Å². The summed E-state index contributed by atoms with van der Waals surface area (Å²) in [6, 6.07) is 14.3. The summed E-state index contributed by atoms with van der Waals surface area (Å²) >= 11 is 0. The Kier molecular flexibility index (Phi) is 4.17. The summed E-state index contributed by atoms with van der Waals surface area (Å²) in [7, 11) is 0. The van der Waals surface area contributed by atoms with Gasteiger partial charge in [-0.1, -0.05) is 54.6 Å². The van der Waals surface area contributed by atoms with E-state index in [9.17, 15) is 14.7 Å². The summed E-state index contributed by atoms with van der Waals surface area (Å²) in [6.07, 6.45) is 5.77. The first kappa shape index (κ1) is 17.6. The highest BCUT2D eigenvalue weighted by molar-refractivity contribution is 5.96. The van der Waals surface area contributed by atoms with Crippen LogP contribution in [0.2, 0.25) is 0 Å². The standard InChI is InChI=1S/C22H19N3O4/c26-21(19-17-8-9-18(29-17)20(19)22(27)28)24-15-10-23-25(12-15)11-14-6-3-5-13-4-1-2-7-16(13)14/h1-10,12,17-20H,11H2,(H,24,26)(H,27,28)/t17-,18-,19+,20-/m1/s1. The van der Waals surface area contributed by atoms with Gasteiger partial charge in [-0.05, 0) is 16.3 Å². The number of aromatic nitrogens is 2. The molecule has 0 saturated carbocycles. The normalized spacial score (nSPS) is 24.8. The van der Waals surface area contributed by atoms with Crippen molar-refractivity contribution in [1.82, 2.24) is 9.78 Å². The molecular formula is C22H19N3O4. The Morgan fingerprint density at radius 2 is 1.83 bits per heavy atom. The molecule has 7 heteroatoms. The molecule has 1 fully saturated rings. The Morgan fingerprint density at radius 3 is 2.66 bits per heavy atom. The van der Waals surface area contributed by atoms with Gasteiger partial charge in [-0.2, -0.15) is 5.10 Å². The second-order valence-corrected chi connectivity index (χ2v) is 7.39. The number of benzene rings is 2. The maximum Gasteiger partial charge on any atom is 0.310 e. The van der Waals surface area contributed by atoms with E-state index in [4.69, 9.17) is 4.74 Å². The molecule has 29 heavy (non-hydrogen) atoms. The molecular weight excluding hydrogens is 370 g/mol. The van der Waals surface area contributed by atoms with Gasteiger partial charge in [-0.3, -0.25) is 14.3 Å². The summed E-state index contributed by atoms with van der Waals surface area (Å²) in [4.78, 5) is 24.3. The van der Waals surface area contributed by atoms with Crippen molar-refractivity contribution in [2.75, 3.05) is 5.32 Å². The van der Waals surface area contributed by atoms with E-state index in [-0.39, 0.29) is 5.91 Å². The lowest BCUT2D eigenvalue weighted by Gasteiger charge is -2.20. The van der Waals surface area contributed by atoms with Crippen molar-refractivity contribution in [2.24, 2.45) is 11.8 Å². The summed E-state index contributed by atoms with van der Waals surface area (Å²) in [5.41, 5.74) is 1.66. The molecule has 0 aliphatic carbocycles. The number of carboxylic acid groups (broad SMARTS) is 1. The SMILES string of the molecule is O=C(Nc1cnn(Cc2cccc3ccccc23)c1)[C@@H]1[C@H](C(=O)O)[C@H]2C=C[C@H]1O2. The zero-order valence-corrected chi connectivity index (χ0v) is 15.4. The molecule has 3 heterocycles. The molecule has 2 N–H and O–H groups in total. The van der Waals surface area contributed by atoms with E-state index in [2.05, 4.69) is 34.7 Å². The highest BCUT2D eigenvalue weighted by Crippen LogP contribution is 2.39. The molecule has 0 unspecified atom stereocenters. The molecule has 4 atom stereocenters. The van der Waals surface area contributed by atoms with Gasteiger partial charge in [0.2, 0.25) is 5.91 Å². The van der Waals surface area contributed by atoms with Crippen LogP contribution in [0.5, 0.6) is 0 Å². The molecule has 1 amide bonds. The largest absolute Gasteiger partial charge is 0.481 e. The lowest BCUT2D eigenvalue weighted by molar-refractivity contribution is -0.145. The minimum Gasteiger partial charge on any atom is -0.481 e. The molecule has 0 radical (unpaired) electrons. The first-order chi connectivity index (χ1) is 14.1. The van der Waals surface area contributed by atoms with Gasteiger partial charge >= 0.3 is 5.97 Å². The molecule has 1 aromatic heterocycles. The van der Waals surface area contributed by atoms with Crippen LogP contribution < -0.4 is 5.32 Å². The lowest BCUT2D eigenvalue weighted by Crippen LogP contribution is -2.39. The minimum atomic E-state index is -1.02. The van der Waals surface area contributed by atoms with Gasteiger partial charge in [0.05, 0.1) is 36.6 Å². The Labute approximate surface area is 166 Å². The average Bonchev–Trinajstić information content (AvgIpc) is 3.44. The quantitative estimate of drug-likeness (QED) is 0.655. The zero-order chi connectivity index (χ0) is 20.0. The van der Waals surface area contributed by atoms with E-state index >= 15 is 0 Å². The van der Waals surface area contributed by atoms with Gasteiger partial charge in [0, 0.05) is 6.20 Å². The Hall–Kier alpha value is -3.45. The second-order valence-electron chi connectivity index (χ2n) is 7.39. The van der Waals surface area contributed by atoms with Crippen molar-refractivity contribution in [3.8, 4) is 0 Å². The molecule has 2 aliphatic rings. The van der Waals surface area contributed by atoms with Crippen LogP contribution in [0.25, 0.3) is 10.8 Å². The molecule has 5 rings (SSSR count). The van der Waals surface area contributed by atoms with Crippen LogP contribution in [0.15, 0.2) is 67.0 Å². The second kappa shape index (κ2) is 6.86. The molecule has 3 aromatic rings. The van der Waals surface area contributed by atoms with Crippen molar-refractivity contribution in [1.29, 1.82) is 0 Å². The first-order valence-corrected chi connectivity index (χ1v) is 9.47. The van der Waals surface area contributed by atoms with Gasteiger partial charge < -0.3 is 15.2 Å². The fourth-order valence-corrected chi connectivity index (χ4v) is 4.26. The van der Waals surface area contributed by atoms with Crippen LogP contribution >= 0.6 is 0 Å². The molecule has 0 spiro atoms. The number of carbonyl (C=O) groups excluding carboxylic acids is 1. The summed E-state index contributed by atoms with van der Waals surface area (Å²) in [5.74, 6) is -2.99. The topological polar surface area (TPSA) is 93.5 Å². The van der Waals surface area contributed by atoms with Crippen molar-refractivity contribution >= 4 is 28.3 Å². The summed E-state index contributed by atoms with van der Waals surface area (Å²) in [5, 5.41) is 18.9. The maximum atomic E-state index is 12.7. The number of fused-ring (bicyclic) bond motifs is 3. The Balaban J connectivity index is 1.32. The smallest absolute Gasteiger partial charge is 0.310 e. The first-order valence-electron chi connectivity index (χ1n) is 9.47. The van der Waals surface area contributed by atoms with Crippen molar-refractivity contribution < 1.29 is 19.4 Å². The third-order valence-corrected chi connectivity index (χ3v) is 5.60. The van der Waals surface area contributed by atoms with Crippen molar-refractivity contribution in [3.63, 3.8) is 0 Å². The molecule has 1 saturated heterocycles. The molecule has 2 bridgehead atoms. The van der Waals surface area contributed by atoms with Crippen molar-refractivity contribution in [3.05, 3.63) is 72.6 Å². The highest BCUT2D eigenvalue weighted by Gasteiger charge is 2.53. The fraction of sp³-hybridized carbons (Fsp3) is 0.227. The van der Waals surface area contributed by atoms with E-state index in [1.54, 1.807) is 29.2 Å². The summed E-state index contributed by atoms with van der Waals surface area (Å²) in [6.45, 7) is 0.564. The van der Waals surface area contributed by atoms with Crippen molar-refractivity contribution in [2.45, 2.75) is 18.8 Å². The number of rotatable bonds is 5. The van der Waals surface area contributed by atoms with Crippen LogP contribution in [0.1, 0.15) is 5.56 Å². The van der Waals surface area contributed by atoms with Crippen LogP contribution in [0, 0.1) is 11.8 Å². The van der Waals surface area contributed by atoms with Gasteiger partial charge in [0.25, 0.3) is 0 Å². The number of carbonyl (C=O) groups is 2. The number of carboxylic acids is 1. The maximum absolute atomic E-state index is 12.7. The number of ether oxygens (including phenoxy) is 1. The number of nitrogens with one attached hydrogen (secondary N) is 1. The predicted molar refractivity (Wildman–Crippen MR) is 106 cm³/mol. The van der Waals surface area contributed by atoms with E-state index < -0.39 is 30.0 Å². The number of hydrogen-bond donors (Lipinski definition) is 2. The number of anilines is 1. The molecule has 7 nitrogen and oxygen atoms in total. The van der Waals surface area contributed by atoms with E-state index in [0.717, 1.165) is 16.3 Å². The highest BCUT2D eigenvalue weighted by atomic mass is 16.5. The fourth-order valence-electron chi connectivity index (χ4n) is 4.26. The minimum absolute atomic E-state index is 0.362.